The van der Waals surface area contributed by atoms with Gasteiger partial charge in [0.15, 0.2) is 0 Å². The molecule has 0 radical (unpaired) electrons. The van der Waals surface area contributed by atoms with Gasteiger partial charge in [0.05, 0.1) is 6.54 Å². The molecule has 1 aromatic carbocycles. The fraction of sp³-hybridized carbons (Fsp3) is 0.200. The second-order valence-corrected chi connectivity index (χ2v) is 2.51. The van der Waals surface area contributed by atoms with E-state index in [1.54, 1.807) is 6.07 Å². The Hall–Kier alpha value is -1.46. The van der Waals surface area contributed by atoms with E-state index in [9.17, 15) is 5.11 Å². The molecule has 0 aliphatic rings. The third kappa shape index (κ3) is 2.01. The normalized spacial score (nSPS) is 8.83. The molecular formula is C10H11NO. The molecule has 0 saturated heterocycles. The van der Waals surface area contributed by atoms with Gasteiger partial charge in [0.1, 0.15) is 5.75 Å². The largest absolute Gasteiger partial charge is 0.508 e. The van der Waals surface area contributed by atoms with Crippen LogP contribution in [-0.4, -0.2) is 11.7 Å². The smallest absolute Gasteiger partial charge is 0.119 e. The predicted molar refractivity (Wildman–Crippen MR) is 48.8 cm³/mol. The Kier molecular flexibility index (Phi) is 2.73. The van der Waals surface area contributed by atoms with Crippen LogP contribution in [0.1, 0.15) is 11.1 Å². The van der Waals surface area contributed by atoms with Crippen LogP contribution in [0.2, 0.25) is 0 Å². The summed E-state index contributed by atoms with van der Waals surface area (Å²) >= 11 is 0. The van der Waals surface area contributed by atoms with Gasteiger partial charge >= 0.3 is 0 Å². The van der Waals surface area contributed by atoms with Crippen molar-refractivity contribution in [1.29, 1.82) is 0 Å². The lowest BCUT2D eigenvalue weighted by atomic mass is 10.1. The van der Waals surface area contributed by atoms with Gasteiger partial charge in [0.25, 0.3) is 0 Å². The van der Waals surface area contributed by atoms with E-state index >= 15 is 0 Å². The predicted octanol–water partition coefficient (Wildman–Crippen LogP) is 1.01. The maximum atomic E-state index is 9.30. The number of benzene rings is 1. The molecule has 0 aliphatic heterocycles. The van der Waals surface area contributed by atoms with Crippen molar-refractivity contribution >= 4 is 0 Å². The SMILES string of the molecule is Cc1ccc(C#CCN)cc1O. The summed E-state index contributed by atoms with van der Waals surface area (Å²) in [6.45, 7) is 2.18. The van der Waals surface area contributed by atoms with Crippen LogP contribution in [0.5, 0.6) is 5.75 Å². The van der Waals surface area contributed by atoms with Gasteiger partial charge in [-0.25, -0.2) is 0 Å². The summed E-state index contributed by atoms with van der Waals surface area (Å²) in [5.41, 5.74) is 6.86. The third-order valence-corrected chi connectivity index (χ3v) is 1.54. The molecule has 0 amide bonds. The zero-order valence-electron chi connectivity index (χ0n) is 6.96. The molecule has 0 fully saturated rings. The lowest BCUT2D eigenvalue weighted by Gasteiger charge is -1.97. The van der Waals surface area contributed by atoms with Crippen LogP contribution in [0.25, 0.3) is 0 Å². The number of hydrogen-bond donors (Lipinski definition) is 2. The van der Waals surface area contributed by atoms with E-state index in [0.29, 0.717) is 6.54 Å². The quantitative estimate of drug-likeness (QED) is 0.558. The first-order chi connectivity index (χ1) is 5.74. The number of hydrogen-bond acceptors (Lipinski definition) is 2. The summed E-state index contributed by atoms with van der Waals surface area (Å²) in [5, 5.41) is 9.30. The maximum absolute atomic E-state index is 9.30. The molecular weight excluding hydrogens is 150 g/mol. The van der Waals surface area contributed by atoms with Crippen molar-refractivity contribution in [2.45, 2.75) is 6.92 Å². The van der Waals surface area contributed by atoms with E-state index in [-0.39, 0.29) is 5.75 Å². The minimum Gasteiger partial charge on any atom is -0.508 e. The molecule has 0 aromatic heterocycles. The molecule has 1 aromatic rings. The van der Waals surface area contributed by atoms with Gasteiger partial charge in [-0.15, -0.1) is 0 Å². The maximum Gasteiger partial charge on any atom is 0.119 e. The Morgan fingerprint density at radius 2 is 2.25 bits per heavy atom. The zero-order chi connectivity index (χ0) is 8.97. The van der Waals surface area contributed by atoms with Crippen LogP contribution in [0.15, 0.2) is 18.2 Å². The van der Waals surface area contributed by atoms with Crippen molar-refractivity contribution in [2.24, 2.45) is 5.73 Å². The highest BCUT2D eigenvalue weighted by Gasteiger charge is 1.94. The van der Waals surface area contributed by atoms with E-state index in [2.05, 4.69) is 11.8 Å². The average molecular weight is 161 g/mol. The topological polar surface area (TPSA) is 46.2 Å². The second kappa shape index (κ2) is 3.80. The number of aromatic hydroxyl groups is 1. The first-order valence-corrected chi connectivity index (χ1v) is 3.72. The Bertz CT molecular complexity index is 333. The molecule has 0 unspecified atom stereocenters. The van der Waals surface area contributed by atoms with Gasteiger partial charge < -0.3 is 10.8 Å². The molecule has 2 heteroatoms. The summed E-state index contributed by atoms with van der Waals surface area (Å²) in [5.74, 6) is 5.83. The van der Waals surface area contributed by atoms with Crippen molar-refractivity contribution in [2.75, 3.05) is 6.54 Å². The Morgan fingerprint density at radius 1 is 1.50 bits per heavy atom. The van der Waals surface area contributed by atoms with Crippen LogP contribution in [0.3, 0.4) is 0 Å². The van der Waals surface area contributed by atoms with Crippen LogP contribution in [-0.2, 0) is 0 Å². The first kappa shape index (κ1) is 8.63. The Morgan fingerprint density at radius 3 is 2.83 bits per heavy atom. The number of nitrogens with two attached hydrogens (primary N) is 1. The average Bonchev–Trinajstić information content (AvgIpc) is 2.07. The monoisotopic (exact) mass is 161 g/mol. The molecule has 3 N–H and O–H groups in total. The molecule has 0 aliphatic carbocycles. The fourth-order valence-corrected chi connectivity index (χ4v) is 0.840. The molecule has 0 bridgehead atoms. The van der Waals surface area contributed by atoms with Crippen LogP contribution >= 0.6 is 0 Å². The second-order valence-electron chi connectivity index (χ2n) is 2.51. The van der Waals surface area contributed by atoms with Crippen LogP contribution < -0.4 is 5.73 Å². The standard InChI is InChI=1S/C10H11NO/c1-8-4-5-9(3-2-6-11)7-10(8)12/h4-5,7,12H,6,11H2,1H3. The van der Waals surface area contributed by atoms with Gasteiger partial charge in [-0.05, 0) is 24.6 Å². The zero-order valence-corrected chi connectivity index (χ0v) is 6.96. The summed E-state index contributed by atoms with van der Waals surface area (Å²) in [6, 6.07) is 5.32. The van der Waals surface area contributed by atoms with Gasteiger partial charge in [-0.1, -0.05) is 17.9 Å². The van der Waals surface area contributed by atoms with Crippen LogP contribution in [0.4, 0.5) is 0 Å². The first-order valence-electron chi connectivity index (χ1n) is 3.72. The molecule has 0 atom stereocenters. The highest BCUT2D eigenvalue weighted by Crippen LogP contribution is 2.16. The van der Waals surface area contributed by atoms with E-state index < -0.39 is 0 Å². The summed E-state index contributed by atoms with van der Waals surface area (Å²) < 4.78 is 0. The fourth-order valence-electron chi connectivity index (χ4n) is 0.840. The van der Waals surface area contributed by atoms with Crippen molar-refractivity contribution in [3.05, 3.63) is 29.3 Å². The van der Waals surface area contributed by atoms with Crippen molar-refractivity contribution in [1.82, 2.24) is 0 Å². The van der Waals surface area contributed by atoms with Gasteiger partial charge in [0, 0.05) is 5.56 Å². The Labute approximate surface area is 72.0 Å². The number of aryl methyl sites for hydroxylation is 1. The molecule has 0 saturated carbocycles. The summed E-state index contributed by atoms with van der Waals surface area (Å²) in [4.78, 5) is 0. The van der Waals surface area contributed by atoms with Crippen molar-refractivity contribution in [3.8, 4) is 17.6 Å². The van der Waals surface area contributed by atoms with Gasteiger partial charge in [0.2, 0.25) is 0 Å². The van der Waals surface area contributed by atoms with Gasteiger partial charge in [-0.3, -0.25) is 0 Å². The molecule has 0 heterocycles. The minimum atomic E-state index is 0.277. The molecule has 0 spiro atoms. The highest BCUT2D eigenvalue weighted by atomic mass is 16.3. The number of phenolic OH excluding ortho intramolecular Hbond substituents is 1. The van der Waals surface area contributed by atoms with E-state index in [0.717, 1.165) is 11.1 Å². The summed E-state index contributed by atoms with van der Waals surface area (Å²) in [7, 11) is 0. The molecule has 1 rings (SSSR count). The lowest BCUT2D eigenvalue weighted by molar-refractivity contribution is 0.471. The molecule has 62 valence electrons. The molecule has 12 heavy (non-hydrogen) atoms. The number of rotatable bonds is 0. The van der Waals surface area contributed by atoms with E-state index in [1.165, 1.54) is 0 Å². The number of phenols is 1. The lowest BCUT2D eigenvalue weighted by Crippen LogP contribution is -1.93. The van der Waals surface area contributed by atoms with Gasteiger partial charge in [-0.2, -0.15) is 0 Å². The van der Waals surface area contributed by atoms with Crippen molar-refractivity contribution in [3.63, 3.8) is 0 Å². The van der Waals surface area contributed by atoms with E-state index in [1.807, 2.05) is 19.1 Å². The Balaban J connectivity index is 2.97. The van der Waals surface area contributed by atoms with Crippen LogP contribution in [0, 0.1) is 18.8 Å². The van der Waals surface area contributed by atoms with Crippen molar-refractivity contribution < 1.29 is 5.11 Å². The third-order valence-electron chi connectivity index (χ3n) is 1.54. The molecule has 2 nitrogen and oxygen atoms in total. The minimum absolute atomic E-state index is 0.277. The van der Waals surface area contributed by atoms with E-state index in [4.69, 9.17) is 5.73 Å². The summed E-state index contributed by atoms with van der Waals surface area (Å²) in [6.07, 6.45) is 0. The highest BCUT2D eigenvalue weighted by molar-refractivity contribution is 5.43.